The van der Waals surface area contributed by atoms with Crippen LogP contribution in [0, 0.1) is 5.82 Å². The van der Waals surface area contributed by atoms with Crippen molar-refractivity contribution in [2.75, 3.05) is 30.0 Å². The molecule has 1 saturated heterocycles. The third kappa shape index (κ3) is 5.67. The molecule has 0 bridgehead atoms. The lowest BCUT2D eigenvalue weighted by Crippen LogP contribution is -2.59. The second kappa shape index (κ2) is 10.3. The summed E-state index contributed by atoms with van der Waals surface area (Å²) in [4.78, 5) is 25.9. The minimum Gasteiger partial charge on any atom is -0.322 e. The molecular weight excluding hydrogens is 507 g/mol. The summed E-state index contributed by atoms with van der Waals surface area (Å²) in [7, 11) is -3.53. The van der Waals surface area contributed by atoms with E-state index in [1.807, 2.05) is 0 Å². The van der Waals surface area contributed by atoms with Crippen LogP contribution in [0.2, 0.25) is 5.02 Å². The van der Waals surface area contributed by atoms with Gasteiger partial charge in [0, 0.05) is 29.1 Å². The van der Waals surface area contributed by atoms with Crippen molar-refractivity contribution in [3.63, 3.8) is 0 Å². The summed E-state index contributed by atoms with van der Waals surface area (Å²) >= 11 is 5.86. The predicted molar refractivity (Wildman–Crippen MR) is 137 cm³/mol. The Labute approximate surface area is 213 Å². The van der Waals surface area contributed by atoms with E-state index < -0.39 is 33.1 Å². The van der Waals surface area contributed by atoms with Gasteiger partial charge in [-0.15, -0.1) is 0 Å². The van der Waals surface area contributed by atoms with Gasteiger partial charge in [-0.2, -0.15) is 0 Å². The molecule has 1 heterocycles. The molecular formula is C25H24ClFN4O4S. The van der Waals surface area contributed by atoms with Crippen molar-refractivity contribution in [3.8, 4) is 11.1 Å². The molecule has 1 aliphatic heterocycles. The average Bonchev–Trinajstić information content (AvgIpc) is 3.31. The molecule has 36 heavy (non-hydrogen) atoms. The molecule has 188 valence electrons. The molecule has 11 heteroatoms. The Hall–Kier alpha value is -3.47. The fourth-order valence-corrected chi connectivity index (χ4v) is 5.05. The Morgan fingerprint density at radius 1 is 1.03 bits per heavy atom. The number of hydrogen-bond acceptors (Lipinski definition) is 5. The van der Waals surface area contributed by atoms with Crippen LogP contribution >= 0.6 is 11.6 Å². The smallest absolute Gasteiger partial charge is 0.320 e. The Bertz CT molecular complexity index is 1410. The number of carbonyl (C=O) groups is 2. The normalized spacial score (nSPS) is 17.4. The molecule has 0 aromatic heterocycles. The fraction of sp³-hybridized carbons (Fsp3) is 0.200. The molecule has 0 radical (unpaired) electrons. The van der Waals surface area contributed by atoms with Gasteiger partial charge in [0.1, 0.15) is 11.4 Å². The van der Waals surface area contributed by atoms with Crippen LogP contribution in [-0.4, -0.2) is 45.2 Å². The molecule has 1 aliphatic rings. The van der Waals surface area contributed by atoms with Crippen LogP contribution < -0.4 is 21.3 Å². The monoisotopic (exact) mass is 530 g/mol. The van der Waals surface area contributed by atoms with Crippen molar-refractivity contribution < 1.29 is 22.4 Å². The maximum atomic E-state index is 15.0. The number of benzene rings is 3. The van der Waals surface area contributed by atoms with Gasteiger partial charge < -0.3 is 21.3 Å². The SMILES string of the molecule is CS(=O)(=O)c1ccccc1-c1ccc(NC(=O)C2(NC(=O)Nc3ccc(Cl)cc3)CCNC2)c(F)c1. The first-order valence-corrected chi connectivity index (χ1v) is 13.3. The third-order valence-electron chi connectivity index (χ3n) is 5.86. The van der Waals surface area contributed by atoms with Crippen LogP contribution in [0.1, 0.15) is 6.42 Å². The van der Waals surface area contributed by atoms with Crippen molar-refractivity contribution in [1.82, 2.24) is 10.6 Å². The molecule has 3 amide bonds. The summed E-state index contributed by atoms with van der Waals surface area (Å²) in [6, 6.07) is 16.3. The van der Waals surface area contributed by atoms with E-state index in [0.717, 1.165) is 6.26 Å². The number of nitrogens with one attached hydrogen (secondary N) is 4. The maximum absolute atomic E-state index is 15.0. The Morgan fingerprint density at radius 2 is 1.75 bits per heavy atom. The van der Waals surface area contributed by atoms with E-state index in [9.17, 15) is 18.0 Å². The molecule has 1 atom stereocenters. The first-order valence-electron chi connectivity index (χ1n) is 11.0. The van der Waals surface area contributed by atoms with E-state index in [1.54, 1.807) is 42.5 Å². The highest BCUT2D eigenvalue weighted by atomic mass is 35.5. The van der Waals surface area contributed by atoms with Crippen molar-refractivity contribution in [1.29, 1.82) is 0 Å². The van der Waals surface area contributed by atoms with E-state index >= 15 is 4.39 Å². The second-order valence-electron chi connectivity index (χ2n) is 8.51. The number of carbonyl (C=O) groups excluding carboxylic acids is 2. The van der Waals surface area contributed by atoms with Gasteiger partial charge >= 0.3 is 6.03 Å². The van der Waals surface area contributed by atoms with Crippen LogP contribution in [-0.2, 0) is 14.6 Å². The molecule has 1 unspecified atom stereocenters. The van der Waals surface area contributed by atoms with Gasteiger partial charge in [-0.05, 0) is 61.0 Å². The summed E-state index contributed by atoms with van der Waals surface area (Å²) in [5.41, 5.74) is -0.191. The van der Waals surface area contributed by atoms with Crippen LogP contribution in [0.15, 0.2) is 71.6 Å². The zero-order valence-electron chi connectivity index (χ0n) is 19.3. The Balaban J connectivity index is 1.52. The van der Waals surface area contributed by atoms with Gasteiger partial charge in [0.25, 0.3) is 5.91 Å². The fourth-order valence-electron chi connectivity index (χ4n) is 4.02. The minimum absolute atomic E-state index is 0.0769. The van der Waals surface area contributed by atoms with Gasteiger partial charge in [0.15, 0.2) is 9.84 Å². The summed E-state index contributed by atoms with van der Waals surface area (Å²) in [6.07, 6.45) is 1.39. The summed E-state index contributed by atoms with van der Waals surface area (Å²) in [5, 5.41) is 11.5. The number of amides is 3. The molecule has 4 N–H and O–H groups in total. The first kappa shape index (κ1) is 25.6. The Kier molecular flexibility index (Phi) is 7.30. The van der Waals surface area contributed by atoms with Crippen molar-refractivity contribution in [3.05, 3.63) is 77.6 Å². The van der Waals surface area contributed by atoms with Crippen LogP contribution in [0.3, 0.4) is 0 Å². The van der Waals surface area contributed by atoms with Gasteiger partial charge in [-0.3, -0.25) is 4.79 Å². The lowest BCUT2D eigenvalue weighted by atomic mass is 9.97. The van der Waals surface area contributed by atoms with Crippen molar-refractivity contribution in [2.45, 2.75) is 16.9 Å². The molecule has 0 spiro atoms. The number of sulfone groups is 1. The summed E-state index contributed by atoms with van der Waals surface area (Å²) < 4.78 is 39.3. The lowest BCUT2D eigenvalue weighted by Gasteiger charge is -2.28. The quantitative estimate of drug-likeness (QED) is 0.384. The number of urea groups is 1. The van der Waals surface area contributed by atoms with Crippen LogP contribution in [0.25, 0.3) is 11.1 Å². The van der Waals surface area contributed by atoms with Gasteiger partial charge in [-0.25, -0.2) is 17.6 Å². The van der Waals surface area contributed by atoms with Gasteiger partial charge in [0.05, 0.1) is 10.6 Å². The molecule has 8 nitrogen and oxygen atoms in total. The van der Waals surface area contributed by atoms with Crippen LogP contribution in [0.4, 0.5) is 20.6 Å². The van der Waals surface area contributed by atoms with E-state index in [1.165, 1.54) is 24.3 Å². The lowest BCUT2D eigenvalue weighted by molar-refractivity contribution is -0.121. The first-order chi connectivity index (χ1) is 17.1. The highest BCUT2D eigenvalue weighted by Gasteiger charge is 2.43. The summed E-state index contributed by atoms with van der Waals surface area (Å²) in [6.45, 7) is 0.645. The predicted octanol–water partition coefficient (Wildman–Crippen LogP) is 4.04. The molecule has 1 fully saturated rings. The van der Waals surface area contributed by atoms with E-state index in [2.05, 4.69) is 21.3 Å². The standard InChI is InChI=1S/C25H24ClFN4O4S/c1-36(34,35)22-5-3-2-4-19(22)16-6-11-21(20(27)14-16)30-23(32)25(12-13-28-15-25)31-24(33)29-18-9-7-17(26)8-10-18/h2-11,14,28H,12-13,15H2,1H3,(H,30,32)(H2,29,31,33). The maximum Gasteiger partial charge on any atom is 0.320 e. The molecule has 3 aromatic carbocycles. The highest BCUT2D eigenvalue weighted by molar-refractivity contribution is 7.90. The van der Waals surface area contributed by atoms with Crippen LogP contribution in [0.5, 0.6) is 0 Å². The van der Waals surface area contributed by atoms with Gasteiger partial charge in [0.2, 0.25) is 0 Å². The van der Waals surface area contributed by atoms with E-state index in [-0.39, 0.29) is 17.1 Å². The largest absolute Gasteiger partial charge is 0.322 e. The Morgan fingerprint density at radius 3 is 2.39 bits per heavy atom. The summed E-state index contributed by atoms with van der Waals surface area (Å²) in [5.74, 6) is -1.32. The minimum atomic E-state index is -3.53. The third-order valence-corrected chi connectivity index (χ3v) is 7.27. The molecule has 0 aliphatic carbocycles. The number of rotatable bonds is 6. The highest BCUT2D eigenvalue weighted by Crippen LogP contribution is 2.30. The number of anilines is 2. The zero-order chi connectivity index (χ0) is 25.9. The van der Waals surface area contributed by atoms with Crippen molar-refractivity contribution in [2.24, 2.45) is 0 Å². The molecule has 4 rings (SSSR count). The second-order valence-corrected chi connectivity index (χ2v) is 10.9. The average molecular weight is 531 g/mol. The number of hydrogen-bond donors (Lipinski definition) is 4. The van der Waals surface area contributed by atoms with Gasteiger partial charge in [-0.1, -0.05) is 35.9 Å². The van der Waals surface area contributed by atoms with E-state index in [0.29, 0.717) is 34.8 Å². The van der Waals surface area contributed by atoms with Crippen molar-refractivity contribution >= 4 is 44.8 Å². The zero-order valence-corrected chi connectivity index (χ0v) is 20.8. The number of halogens is 2. The van der Waals surface area contributed by atoms with E-state index in [4.69, 9.17) is 11.6 Å². The molecule has 0 saturated carbocycles. The molecule has 3 aromatic rings. The topological polar surface area (TPSA) is 116 Å².